The third-order valence-corrected chi connectivity index (χ3v) is 5.07. The van der Waals surface area contributed by atoms with Crippen molar-refractivity contribution in [2.75, 3.05) is 18.1 Å². The number of piperidine rings is 1. The van der Waals surface area contributed by atoms with Crippen molar-refractivity contribution < 1.29 is 22.7 Å². The molecule has 26 heavy (non-hydrogen) atoms. The summed E-state index contributed by atoms with van der Waals surface area (Å²) in [5.41, 5.74) is -0.257. The summed E-state index contributed by atoms with van der Waals surface area (Å²) in [7, 11) is -3.37. The first kappa shape index (κ1) is 20.2. The number of carbonyl (C=O) groups excluding carboxylic acids is 2. The summed E-state index contributed by atoms with van der Waals surface area (Å²) in [4.78, 5) is 26.7. The molecule has 1 heterocycles. The summed E-state index contributed by atoms with van der Waals surface area (Å²) in [6.07, 6.45) is 2.78. The van der Waals surface area contributed by atoms with E-state index in [-0.39, 0.29) is 10.8 Å². The van der Waals surface area contributed by atoms with Crippen LogP contribution in [0.4, 0.5) is 10.5 Å². The molecule has 0 radical (unpaired) electrons. The summed E-state index contributed by atoms with van der Waals surface area (Å²) >= 11 is 0. The summed E-state index contributed by atoms with van der Waals surface area (Å²) in [5, 5.41) is 2.72. The van der Waals surface area contributed by atoms with Crippen LogP contribution in [-0.4, -0.2) is 49.8 Å². The molecular formula is C18H26N2O5S. The number of rotatable bonds is 3. The number of likely N-dealkylation sites (tertiary alicyclic amines) is 1. The first-order chi connectivity index (χ1) is 12.0. The van der Waals surface area contributed by atoms with Gasteiger partial charge in [-0.15, -0.1) is 0 Å². The molecule has 1 saturated heterocycles. The Morgan fingerprint density at radius 3 is 2.54 bits per heavy atom. The smallest absolute Gasteiger partial charge is 0.410 e. The highest BCUT2D eigenvalue weighted by Crippen LogP contribution is 2.22. The number of benzene rings is 1. The van der Waals surface area contributed by atoms with Crippen molar-refractivity contribution in [3.05, 3.63) is 24.3 Å². The van der Waals surface area contributed by atoms with Crippen LogP contribution in [0.15, 0.2) is 29.2 Å². The predicted octanol–water partition coefficient (Wildman–Crippen LogP) is 2.82. The van der Waals surface area contributed by atoms with Gasteiger partial charge >= 0.3 is 6.09 Å². The third-order valence-electron chi connectivity index (χ3n) is 3.96. The van der Waals surface area contributed by atoms with Gasteiger partial charge in [0.25, 0.3) is 0 Å². The molecule has 1 aliphatic rings. The van der Waals surface area contributed by atoms with E-state index in [2.05, 4.69) is 5.32 Å². The van der Waals surface area contributed by atoms with Gasteiger partial charge in [-0.2, -0.15) is 0 Å². The molecule has 0 saturated carbocycles. The van der Waals surface area contributed by atoms with Crippen LogP contribution in [0.2, 0.25) is 0 Å². The lowest BCUT2D eigenvalue weighted by Gasteiger charge is -2.35. The van der Waals surface area contributed by atoms with Gasteiger partial charge in [-0.3, -0.25) is 9.69 Å². The van der Waals surface area contributed by atoms with E-state index in [0.717, 1.165) is 19.1 Å². The van der Waals surface area contributed by atoms with Crippen LogP contribution < -0.4 is 5.32 Å². The van der Waals surface area contributed by atoms with Gasteiger partial charge in [0.15, 0.2) is 9.84 Å². The van der Waals surface area contributed by atoms with Gasteiger partial charge in [-0.1, -0.05) is 6.07 Å². The van der Waals surface area contributed by atoms with Crippen LogP contribution in [0.25, 0.3) is 0 Å². The molecule has 1 unspecified atom stereocenters. The molecule has 0 bridgehead atoms. The quantitative estimate of drug-likeness (QED) is 0.868. The molecule has 0 spiro atoms. The van der Waals surface area contributed by atoms with Crippen LogP contribution in [-0.2, 0) is 19.4 Å². The zero-order chi connectivity index (χ0) is 19.5. The van der Waals surface area contributed by atoms with E-state index in [1.165, 1.54) is 17.0 Å². The zero-order valence-corrected chi connectivity index (χ0v) is 16.4. The normalized spacial score (nSPS) is 18.3. The number of hydrogen-bond donors (Lipinski definition) is 1. The maximum absolute atomic E-state index is 12.7. The highest BCUT2D eigenvalue weighted by atomic mass is 32.2. The average molecular weight is 382 g/mol. The highest BCUT2D eigenvalue weighted by molar-refractivity contribution is 7.90. The molecule has 144 valence electrons. The van der Waals surface area contributed by atoms with Crippen LogP contribution >= 0.6 is 0 Å². The van der Waals surface area contributed by atoms with Crippen molar-refractivity contribution in [1.82, 2.24) is 4.90 Å². The molecule has 2 amide bonds. The Kier molecular flexibility index (Phi) is 5.95. The SMILES string of the molecule is CC(C)(C)OC(=O)N1CCCCC1C(=O)Nc1cccc(S(C)(=O)=O)c1. The monoisotopic (exact) mass is 382 g/mol. The summed E-state index contributed by atoms with van der Waals surface area (Å²) in [6.45, 7) is 5.79. The predicted molar refractivity (Wildman–Crippen MR) is 98.8 cm³/mol. The molecule has 0 aromatic heterocycles. The van der Waals surface area contributed by atoms with Crippen LogP contribution in [0, 0.1) is 0 Å². The first-order valence-electron chi connectivity index (χ1n) is 8.58. The second kappa shape index (κ2) is 7.65. The lowest BCUT2D eigenvalue weighted by atomic mass is 10.0. The van der Waals surface area contributed by atoms with Gasteiger partial charge in [-0.05, 0) is 58.2 Å². The average Bonchev–Trinajstić information content (AvgIpc) is 2.52. The van der Waals surface area contributed by atoms with Crippen LogP contribution in [0.1, 0.15) is 40.0 Å². The van der Waals surface area contributed by atoms with Gasteiger partial charge in [-0.25, -0.2) is 13.2 Å². The number of anilines is 1. The fourth-order valence-corrected chi connectivity index (χ4v) is 3.44. The molecular weight excluding hydrogens is 356 g/mol. The zero-order valence-electron chi connectivity index (χ0n) is 15.6. The topological polar surface area (TPSA) is 92.8 Å². The molecule has 1 atom stereocenters. The molecule has 0 aliphatic carbocycles. The van der Waals surface area contributed by atoms with Crippen molar-refractivity contribution in [2.24, 2.45) is 0 Å². The minimum Gasteiger partial charge on any atom is -0.444 e. The molecule has 1 aliphatic heterocycles. The van der Waals surface area contributed by atoms with E-state index >= 15 is 0 Å². The van der Waals surface area contributed by atoms with Gasteiger partial charge in [0.1, 0.15) is 11.6 Å². The highest BCUT2D eigenvalue weighted by Gasteiger charge is 2.34. The molecule has 1 N–H and O–H groups in total. The van der Waals surface area contributed by atoms with Crippen molar-refractivity contribution in [2.45, 2.75) is 56.6 Å². The Hall–Kier alpha value is -2.09. The lowest BCUT2D eigenvalue weighted by Crippen LogP contribution is -2.51. The third kappa shape index (κ3) is 5.45. The van der Waals surface area contributed by atoms with E-state index in [0.29, 0.717) is 18.7 Å². The number of hydrogen-bond acceptors (Lipinski definition) is 5. The fourth-order valence-electron chi connectivity index (χ4n) is 2.77. The number of nitrogens with one attached hydrogen (secondary N) is 1. The Morgan fingerprint density at radius 1 is 1.23 bits per heavy atom. The van der Waals surface area contributed by atoms with Crippen molar-refractivity contribution >= 4 is 27.5 Å². The Morgan fingerprint density at radius 2 is 1.92 bits per heavy atom. The number of amides is 2. The number of nitrogens with zero attached hydrogens (tertiary/aromatic N) is 1. The summed E-state index contributed by atoms with van der Waals surface area (Å²) in [6, 6.07) is 5.43. The first-order valence-corrected chi connectivity index (χ1v) is 10.5. The molecule has 1 aromatic rings. The number of ether oxygens (including phenoxy) is 1. The Bertz CT molecular complexity index is 783. The maximum Gasteiger partial charge on any atom is 0.410 e. The Labute approximate surface area is 154 Å². The Balaban J connectivity index is 2.15. The standard InChI is InChI=1S/C18H26N2O5S/c1-18(2,3)25-17(22)20-11-6-5-10-15(20)16(21)19-13-8-7-9-14(12-13)26(4,23)24/h7-9,12,15H,5-6,10-11H2,1-4H3,(H,19,21). The van der Waals surface area contributed by atoms with Gasteiger partial charge < -0.3 is 10.1 Å². The maximum atomic E-state index is 12.7. The van der Waals surface area contributed by atoms with Gasteiger partial charge in [0, 0.05) is 18.5 Å². The lowest BCUT2D eigenvalue weighted by molar-refractivity contribution is -0.122. The van der Waals surface area contributed by atoms with E-state index in [1.807, 2.05) is 0 Å². The minimum absolute atomic E-state index is 0.128. The van der Waals surface area contributed by atoms with Gasteiger partial charge in [0.05, 0.1) is 4.90 Å². The minimum atomic E-state index is -3.37. The molecule has 1 aromatic carbocycles. The van der Waals surface area contributed by atoms with E-state index < -0.39 is 27.6 Å². The van der Waals surface area contributed by atoms with Crippen molar-refractivity contribution in [1.29, 1.82) is 0 Å². The fraction of sp³-hybridized carbons (Fsp3) is 0.556. The molecule has 1 fully saturated rings. The largest absolute Gasteiger partial charge is 0.444 e. The summed E-state index contributed by atoms with van der Waals surface area (Å²) < 4.78 is 28.7. The van der Waals surface area contributed by atoms with Crippen LogP contribution in [0.5, 0.6) is 0 Å². The van der Waals surface area contributed by atoms with Gasteiger partial charge in [0.2, 0.25) is 5.91 Å². The molecule has 8 heteroatoms. The van der Waals surface area contributed by atoms with E-state index in [1.54, 1.807) is 32.9 Å². The number of carbonyl (C=O) groups is 2. The second-order valence-electron chi connectivity index (χ2n) is 7.47. The van der Waals surface area contributed by atoms with Crippen molar-refractivity contribution in [3.63, 3.8) is 0 Å². The molecule has 7 nitrogen and oxygen atoms in total. The number of sulfone groups is 1. The summed E-state index contributed by atoms with van der Waals surface area (Å²) in [5.74, 6) is -0.346. The van der Waals surface area contributed by atoms with Crippen LogP contribution in [0.3, 0.4) is 0 Å². The van der Waals surface area contributed by atoms with E-state index in [4.69, 9.17) is 4.74 Å². The van der Waals surface area contributed by atoms with E-state index in [9.17, 15) is 18.0 Å². The van der Waals surface area contributed by atoms with Crippen molar-refractivity contribution in [3.8, 4) is 0 Å². The second-order valence-corrected chi connectivity index (χ2v) is 9.49. The molecule has 2 rings (SSSR count).